The average molecular weight is 215 g/mol. The summed E-state index contributed by atoms with van der Waals surface area (Å²) in [5.41, 5.74) is 4.88. The van der Waals surface area contributed by atoms with Crippen molar-refractivity contribution in [1.29, 1.82) is 0 Å². The van der Waals surface area contributed by atoms with Crippen molar-refractivity contribution < 1.29 is 0 Å². The fraction of sp³-hybridized carbons (Fsp3) is 0.600. The van der Waals surface area contributed by atoms with Gasteiger partial charge < -0.3 is 5.32 Å². The van der Waals surface area contributed by atoms with E-state index in [1.165, 1.54) is 43.4 Å². The number of anilines is 1. The topological polar surface area (TPSA) is 12.0 Å². The highest BCUT2D eigenvalue weighted by molar-refractivity contribution is 5.66. The first-order valence-corrected chi connectivity index (χ1v) is 6.61. The van der Waals surface area contributed by atoms with Crippen LogP contribution in [0.4, 0.5) is 5.69 Å². The second kappa shape index (κ2) is 3.51. The van der Waals surface area contributed by atoms with Gasteiger partial charge in [0.15, 0.2) is 0 Å². The molecule has 1 fully saturated rings. The second-order valence-corrected chi connectivity index (χ2v) is 5.58. The van der Waals surface area contributed by atoms with Gasteiger partial charge in [-0.1, -0.05) is 37.5 Å². The van der Waals surface area contributed by atoms with Crippen molar-refractivity contribution in [2.75, 3.05) is 5.32 Å². The Morgan fingerprint density at radius 3 is 2.69 bits per heavy atom. The van der Waals surface area contributed by atoms with Crippen LogP contribution < -0.4 is 5.32 Å². The molecule has 16 heavy (non-hydrogen) atoms. The van der Waals surface area contributed by atoms with Crippen LogP contribution in [0.3, 0.4) is 0 Å². The van der Waals surface area contributed by atoms with Crippen molar-refractivity contribution in [3.63, 3.8) is 0 Å². The maximum Gasteiger partial charge on any atom is 0.0411 e. The molecule has 1 atom stereocenters. The molecule has 1 saturated carbocycles. The quantitative estimate of drug-likeness (QED) is 0.689. The SMILES string of the molecule is Cc1cccc2c1NC(C)C21CCCCC1. The van der Waals surface area contributed by atoms with Crippen LogP contribution in [0.1, 0.15) is 50.2 Å². The largest absolute Gasteiger partial charge is 0.381 e. The Kier molecular flexibility index (Phi) is 2.24. The Bertz CT molecular complexity index is 402. The zero-order valence-corrected chi connectivity index (χ0v) is 10.3. The monoisotopic (exact) mass is 215 g/mol. The molecule has 1 unspecified atom stereocenters. The number of fused-ring (bicyclic) bond motifs is 2. The summed E-state index contributed by atoms with van der Waals surface area (Å²) in [6.07, 6.45) is 6.98. The standard InChI is InChI=1S/C15H21N/c1-11-7-6-8-13-14(11)16-12(2)15(13)9-4-3-5-10-15/h6-8,12,16H,3-5,9-10H2,1-2H3. The van der Waals surface area contributed by atoms with Gasteiger partial charge >= 0.3 is 0 Å². The summed E-state index contributed by atoms with van der Waals surface area (Å²) in [7, 11) is 0. The third kappa shape index (κ3) is 1.24. The molecular formula is C15H21N. The molecule has 1 N–H and O–H groups in total. The molecule has 1 heteroatoms. The number of rotatable bonds is 0. The first-order chi connectivity index (χ1) is 7.74. The lowest BCUT2D eigenvalue weighted by Gasteiger charge is -2.37. The molecule has 2 aliphatic rings. The molecule has 0 saturated heterocycles. The predicted molar refractivity (Wildman–Crippen MR) is 69.0 cm³/mol. The van der Waals surface area contributed by atoms with E-state index in [1.54, 1.807) is 5.56 Å². The Morgan fingerprint density at radius 2 is 1.94 bits per heavy atom. The number of benzene rings is 1. The van der Waals surface area contributed by atoms with Gasteiger partial charge in [0, 0.05) is 17.1 Å². The summed E-state index contributed by atoms with van der Waals surface area (Å²) in [6.45, 7) is 4.59. The van der Waals surface area contributed by atoms with Gasteiger partial charge in [0.25, 0.3) is 0 Å². The third-order valence-corrected chi connectivity index (χ3v) is 4.74. The molecule has 1 aromatic rings. The first kappa shape index (κ1) is 10.2. The molecule has 1 aliphatic heterocycles. The van der Waals surface area contributed by atoms with E-state index in [4.69, 9.17) is 0 Å². The molecular weight excluding hydrogens is 194 g/mol. The van der Waals surface area contributed by atoms with Gasteiger partial charge in [0.1, 0.15) is 0 Å². The minimum atomic E-state index is 0.444. The number of nitrogens with one attached hydrogen (secondary N) is 1. The third-order valence-electron chi connectivity index (χ3n) is 4.74. The van der Waals surface area contributed by atoms with Crippen molar-refractivity contribution in [3.05, 3.63) is 29.3 Å². The van der Waals surface area contributed by atoms with Crippen LogP contribution in [-0.2, 0) is 5.41 Å². The van der Waals surface area contributed by atoms with Gasteiger partial charge in [-0.2, -0.15) is 0 Å². The lowest BCUT2D eigenvalue weighted by atomic mass is 9.67. The van der Waals surface area contributed by atoms with Crippen molar-refractivity contribution in [1.82, 2.24) is 0 Å². The highest BCUT2D eigenvalue weighted by atomic mass is 15.0. The van der Waals surface area contributed by atoms with E-state index in [0.29, 0.717) is 11.5 Å². The first-order valence-electron chi connectivity index (χ1n) is 6.61. The van der Waals surface area contributed by atoms with Crippen molar-refractivity contribution in [2.45, 2.75) is 57.4 Å². The van der Waals surface area contributed by atoms with Gasteiger partial charge in [-0.15, -0.1) is 0 Å². The van der Waals surface area contributed by atoms with Crippen LogP contribution in [0.5, 0.6) is 0 Å². The molecule has 1 spiro atoms. The van der Waals surface area contributed by atoms with E-state index in [1.807, 2.05) is 0 Å². The van der Waals surface area contributed by atoms with E-state index >= 15 is 0 Å². The molecule has 0 aromatic heterocycles. The summed E-state index contributed by atoms with van der Waals surface area (Å²) >= 11 is 0. The maximum absolute atomic E-state index is 3.73. The highest BCUT2D eigenvalue weighted by Gasteiger charge is 2.45. The van der Waals surface area contributed by atoms with Crippen LogP contribution >= 0.6 is 0 Å². The number of para-hydroxylation sites is 1. The number of hydrogen-bond donors (Lipinski definition) is 1. The summed E-state index contributed by atoms with van der Waals surface area (Å²) in [6, 6.07) is 7.42. The minimum Gasteiger partial charge on any atom is -0.381 e. The van der Waals surface area contributed by atoms with E-state index in [0.717, 1.165) is 0 Å². The van der Waals surface area contributed by atoms with Crippen molar-refractivity contribution in [3.8, 4) is 0 Å². The molecule has 3 rings (SSSR count). The van der Waals surface area contributed by atoms with Crippen LogP contribution in [-0.4, -0.2) is 6.04 Å². The summed E-state index contributed by atoms with van der Waals surface area (Å²) in [5, 5.41) is 3.73. The molecule has 86 valence electrons. The fourth-order valence-corrected chi connectivity index (χ4v) is 3.75. The van der Waals surface area contributed by atoms with Crippen molar-refractivity contribution >= 4 is 5.69 Å². The molecule has 1 nitrogen and oxygen atoms in total. The van der Waals surface area contributed by atoms with Gasteiger partial charge in [-0.05, 0) is 37.8 Å². The summed E-state index contributed by atoms with van der Waals surface area (Å²) in [5.74, 6) is 0. The molecule has 1 heterocycles. The van der Waals surface area contributed by atoms with E-state index < -0.39 is 0 Å². The smallest absolute Gasteiger partial charge is 0.0411 e. The minimum absolute atomic E-state index is 0.444. The van der Waals surface area contributed by atoms with Crippen LogP contribution in [0, 0.1) is 6.92 Å². The maximum atomic E-state index is 3.73. The normalized spacial score (nSPS) is 26.5. The summed E-state index contributed by atoms with van der Waals surface area (Å²) < 4.78 is 0. The lowest BCUT2D eigenvalue weighted by Crippen LogP contribution is -2.38. The van der Waals surface area contributed by atoms with Crippen LogP contribution in [0.25, 0.3) is 0 Å². The van der Waals surface area contributed by atoms with Gasteiger partial charge in [-0.3, -0.25) is 0 Å². The Labute approximate surface area is 98.3 Å². The summed E-state index contributed by atoms with van der Waals surface area (Å²) in [4.78, 5) is 0. The Balaban J connectivity index is 2.11. The van der Waals surface area contributed by atoms with Gasteiger partial charge in [0.05, 0.1) is 0 Å². The number of aryl methyl sites for hydroxylation is 1. The second-order valence-electron chi connectivity index (χ2n) is 5.58. The molecule has 1 aliphatic carbocycles. The Morgan fingerprint density at radius 1 is 1.19 bits per heavy atom. The number of hydrogen-bond acceptors (Lipinski definition) is 1. The van der Waals surface area contributed by atoms with Crippen molar-refractivity contribution in [2.24, 2.45) is 0 Å². The molecule has 0 bridgehead atoms. The van der Waals surface area contributed by atoms with Crippen LogP contribution in [0.2, 0.25) is 0 Å². The highest BCUT2D eigenvalue weighted by Crippen LogP contribution is 2.50. The van der Waals surface area contributed by atoms with Gasteiger partial charge in [-0.25, -0.2) is 0 Å². The molecule has 0 amide bonds. The van der Waals surface area contributed by atoms with Gasteiger partial charge in [0.2, 0.25) is 0 Å². The molecule has 0 radical (unpaired) electrons. The predicted octanol–water partition coefficient (Wildman–Crippen LogP) is 4.01. The van der Waals surface area contributed by atoms with Crippen LogP contribution in [0.15, 0.2) is 18.2 Å². The zero-order chi connectivity index (χ0) is 11.2. The molecule has 1 aromatic carbocycles. The zero-order valence-electron chi connectivity index (χ0n) is 10.3. The van der Waals surface area contributed by atoms with E-state index in [2.05, 4.69) is 37.4 Å². The lowest BCUT2D eigenvalue weighted by molar-refractivity contribution is 0.277. The van der Waals surface area contributed by atoms with E-state index in [9.17, 15) is 0 Å². The van der Waals surface area contributed by atoms with E-state index in [-0.39, 0.29) is 0 Å². The Hall–Kier alpha value is -0.980. The average Bonchev–Trinajstić information content (AvgIpc) is 2.57. The fourth-order valence-electron chi connectivity index (χ4n) is 3.75.